The minimum absolute atomic E-state index is 0.445. The number of halogens is 1. The molecule has 0 saturated heterocycles. The van der Waals surface area contributed by atoms with E-state index in [9.17, 15) is 4.39 Å². The predicted octanol–water partition coefficient (Wildman–Crippen LogP) is 6.72. The van der Waals surface area contributed by atoms with Crippen LogP contribution >= 0.6 is 0 Å². The van der Waals surface area contributed by atoms with Crippen molar-refractivity contribution in [1.82, 2.24) is 0 Å². The molecular weight excluding hydrogens is 313 g/mol. The standard InChI is InChI=1S/C22H36FNO/c1-2-3-5-18-8-10-20(11-9-18)17-25-22-14-12-19(13-15-22)6-4-7-21(23)16-24/h7,18-20,22H,2-6,8-15,17H2,1H3/t18-,19?,20-,22?. The lowest BCUT2D eigenvalue weighted by Gasteiger charge is -2.32. The summed E-state index contributed by atoms with van der Waals surface area (Å²) in [6.07, 6.45) is 18.0. The van der Waals surface area contributed by atoms with Gasteiger partial charge in [-0.25, -0.2) is 0 Å². The lowest BCUT2D eigenvalue weighted by atomic mass is 9.80. The number of unbranched alkanes of at least 4 members (excludes halogenated alkanes) is 1. The van der Waals surface area contributed by atoms with Crippen molar-refractivity contribution < 1.29 is 9.13 Å². The van der Waals surface area contributed by atoms with Crippen LogP contribution in [0.3, 0.4) is 0 Å². The molecule has 0 aromatic heterocycles. The molecular formula is C22H36FNO. The number of nitrogens with zero attached hydrogens (tertiary/aromatic N) is 1. The molecule has 0 spiro atoms. The molecule has 0 amide bonds. The number of rotatable bonds is 9. The highest BCUT2D eigenvalue weighted by molar-refractivity contribution is 5.11. The van der Waals surface area contributed by atoms with Crippen molar-refractivity contribution in [2.45, 2.75) is 96.5 Å². The molecule has 0 heterocycles. The Morgan fingerprint density at radius 2 is 1.60 bits per heavy atom. The first kappa shape index (κ1) is 20.4. The number of allylic oxidation sites excluding steroid dienone is 2. The average Bonchev–Trinajstić information content (AvgIpc) is 2.66. The Balaban J connectivity index is 1.53. The van der Waals surface area contributed by atoms with E-state index < -0.39 is 5.83 Å². The molecule has 2 rings (SSSR count). The van der Waals surface area contributed by atoms with Gasteiger partial charge < -0.3 is 4.74 Å². The molecule has 0 atom stereocenters. The average molecular weight is 350 g/mol. The van der Waals surface area contributed by atoms with Crippen molar-refractivity contribution in [2.24, 2.45) is 17.8 Å². The molecule has 2 fully saturated rings. The highest BCUT2D eigenvalue weighted by atomic mass is 19.1. The van der Waals surface area contributed by atoms with Crippen molar-refractivity contribution in [3.05, 3.63) is 11.9 Å². The van der Waals surface area contributed by atoms with E-state index in [1.807, 2.05) is 0 Å². The predicted molar refractivity (Wildman–Crippen MR) is 101 cm³/mol. The monoisotopic (exact) mass is 349 g/mol. The summed E-state index contributed by atoms with van der Waals surface area (Å²) in [4.78, 5) is 0. The Hall–Kier alpha value is -0.880. The Kier molecular flexibility index (Phi) is 9.55. The van der Waals surface area contributed by atoms with E-state index in [4.69, 9.17) is 10.00 Å². The molecule has 0 unspecified atom stereocenters. The number of hydrogen-bond acceptors (Lipinski definition) is 2. The smallest absolute Gasteiger partial charge is 0.196 e. The van der Waals surface area contributed by atoms with E-state index in [-0.39, 0.29) is 0 Å². The third-order valence-electron chi connectivity index (χ3n) is 6.30. The first-order valence-electron chi connectivity index (χ1n) is 10.6. The number of hydrogen-bond donors (Lipinski definition) is 0. The topological polar surface area (TPSA) is 33.0 Å². The lowest BCUT2D eigenvalue weighted by Crippen LogP contribution is -2.26. The van der Waals surface area contributed by atoms with Crippen molar-refractivity contribution in [1.29, 1.82) is 5.26 Å². The van der Waals surface area contributed by atoms with Gasteiger partial charge in [0.05, 0.1) is 6.10 Å². The van der Waals surface area contributed by atoms with Crippen molar-refractivity contribution in [3.8, 4) is 6.07 Å². The highest BCUT2D eigenvalue weighted by Gasteiger charge is 2.24. The van der Waals surface area contributed by atoms with E-state index in [0.29, 0.717) is 18.4 Å². The second-order valence-electron chi connectivity index (χ2n) is 8.25. The SMILES string of the molecule is CCCC[C@H]1CC[C@H](COC2CCC(CCC=C(F)C#N)CC2)CC1. The van der Waals surface area contributed by atoms with Gasteiger partial charge in [0.1, 0.15) is 6.07 Å². The van der Waals surface area contributed by atoms with E-state index in [0.717, 1.165) is 37.7 Å². The molecule has 0 aromatic carbocycles. The fourth-order valence-corrected chi connectivity index (χ4v) is 4.53. The van der Waals surface area contributed by atoms with Gasteiger partial charge in [-0.05, 0) is 75.2 Å². The van der Waals surface area contributed by atoms with Crippen LogP contribution < -0.4 is 0 Å². The fraction of sp³-hybridized carbons (Fsp3) is 0.864. The number of nitriles is 1. The Labute approximate surface area is 153 Å². The van der Waals surface area contributed by atoms with Gasteiger partial charge in [-0.2, -0.15) is 9.65 Å². The molecule has 0 N–H and O–H groups in total. The van der Waals surface area contributed by atoms with Gasteiger partial charge in [0, 0.05) is 6.61 Å². The third-order valence-corrected chi connectivity index (χ3v) is 6.30. The first-order chi connectivity index (χ1) is 12.2. The van der Waals surface area contributed by atoms with Crippen LogP contribution in [0.15, 0.2) is 11.9 Å². The minimum Gasteiger partial charge on any atom is -0.378 e. The van der Waals surface area contributed by atoms with Crippen molar-refractivity contribution in [3.63, 3.8) is 0 Å². The van der Waals surface area contributed by atoms with Gasteiger partial charge in [0.25, 0.3) is 0 Å². The summed E-state index contributed by atoms with van der Waals surface area (Å²) in [5.74, 6) is 1.80. The van der Waals surface area contributed by atoms with E-state index >= 15 is 0 Å². The van der Waals surface area contributed by atoms with Gasteiger partial charge >= 0.3 is 0 Å². The zero-order chi connectivity index (χ0) is 17.9. The zero-order valence-electron chi connectivity index (χ0n) is 16.0. The zero-order valence-corrected chi connectivity index (χ0v) is 16.0. The van der Waals surface area contributed by atoms with Gasteiger partial charge in [-0.3, -0.25) is 0 Å². The maximum absolute atomic E-state index is 12.8. The van der Waals surface area contributed by atoms with Crippen LogP contribution in [-0.2, 0) is 4.74 Å². The van der Waals surface area contributed by atoms with Crippen LogP contribution in [0.4, 0.5) is 4.39 Å². The first-order valence-corrected chi connectivity index (χ1v) is 10.6. The van der Waals surface area contributed by atoms with Crippen LogP contribution in [0.5, 0.6) is 0 Å². The lowest BCUT2D eigenvalue weighted by molar-refractivity contribution is -0.0102. The van der Waals surface area contributed by atoms with Crippen LogP contribution in [0.25, 0.3) is 0 Å². The summed E-state index contributed by atoms with van der Waals surface area (Å²) < 4.78 is 19.0. The summed E-state index contributed by atoms with van der Waals surface area (Å²) in [7, 11) is 0. The highest BCUT2D eigenvalue weighted by Crippen LogP contribution is 2.34. The fourth-order valence-electron chi connectivity index (χ4n) is 4.53. The summed E-state index contributed by atoms with van der Waals surface area (Å²) >= 11 is 0. The summed E-state index contributed by atoms with van der Waals surface area (Å²) in [6, 6.07) is 1.54. The normalized spacial score (nSPS) is 30.8. The van der Waals surface area contributed by atoms with Gasteiger partial charge in [0.2, 0.25) is 0 Å². The molecule has 2 saturated carbocycles. The molecule has 2 aliphatic rings. The maximum Gasteiger partial charge on any atom is 0.196 e. The Morgan fingerprint density at radius 1 is 1.00 bits per heavy atom. The second-order valence-corrected chi connectivity index (χ2v) is 8.25. The molecule has 142 valence electrons. The van der Waals surface area contributed by atoms with Crippen LogP contribution in [0.2, 0.25) is 0 Å². The van der Waals surface area contributed by atoms with Crippen LogP contribution in [0.1, 0.15) is 90.4 Å². The van der Waals surface area contributed by atoms with Crippen LogP contribution in [-0.4, -0.2) is 12.7 Å². The van der Waals surface area contributed by atoms with Crippen molar-refractivity contribution >= 4 is 0 Å². The Morgan fingerprint density at radius 3 is 2.24 bits per heavy atom. The van der Waals surface area contributed by atoms with Gasteiger partial charge in [-0.15, -0.1) is 0 Å². The summed E-state index contributed by atoms with van der Waals surface area (Å²) in [6.45, 7) is 3.25. The van der Waals surface area contributed by atoms with Gasteiger partial charge in [0.15, 0.2) is 5.83 Å². The third kappa shape index (κ3) is 7.90. The Bertz CT molecular complexity index is 426. The minimum atomic E-state index is -0.638. The quantitative estimate of drug-likeness (QED) is 0.433. The molecule has 0 bridgehead atoms. The van der Waals surface area contributed by atoms with Crippen LogP contribution in [0, 0.1) is 29.1 Å². The molecule has 25 heavy (non-hydrogen) atoms. The largest absolute Gasteiger partial charge is 0.378 e. The summed E-state index contributed by atoms with van der Waals surface area (Å²) in [5, 5.41) is 8.42. The molecule has 2 aliphatic carbocycles. The van der Waals surface area contributed by atoms with Crippen molar-refractivity contribution in [2.75, 3.05) is 6.61 Å². The van der Waals surface area contributed by atoms with E-state index in [1.54, 1.807) is 6.07 Å². The maximum atomic E-state index is 12.8. The van der Waals surface area contributed by atoms with E-state index in [1.165, 1.54) is 63.9 Å². The van der Waals surface area contributed by atoms with E-state index in [2.05, 4.69) is 6.92 Å². The molecule has 0 radical (unpaired) electrons. The molecule has 2 nitrogen and oxygen atoms in total. The number of ether oxygens (including phenoxy) is 1. The summed E-state index contributed by atoms with van der Waals surface area (Å²) in [5.41, 5.74) is 0. The molecule has 3 heteroatoms. The van der Waals surface area contributed by atoms with Gasteiger partial charge in [-0.1, -0.05) is 39.0 Å². The molecule has 0 aliphatic heterocycles. The molecule has 0 aromatic rings. The second kappa shape index (κ2) is 11.7.